The third-order valence-corrected chi connectivity index (χ3v) is 7.57. The number of benzene rings is 1. The van der Waals surface area contributed by atoms with Gasteiger partial charge in [-0.2, -0.15) is 18.3 Å². The molecule has 0 N–H and O–H groups in total. The number of carbonyl (C=O) groups is 1. The van der Waals surface area contributed by atoms with Crippen molar-refractivity contribution in [3.63, 3.8) is 0 Å². The predicted molar refractivity (Wildman–Crippen MR) is 112 cm³/mol. The fourth-order valence-corrected chi connectivity index (χ4v) is 5.42. The molecule has 2 aliphatic carbocycles. The molecular formula is C22H23ClF3N5O2. The number of nitrogens with zero attached hydrogens (tertiary/aromatic N) is 5. The number of carbonyl (C=O) groups excluding carboxylic acids is 1. The van der Waals surface area contributed by atoms with Gasteiger partial charge in [-0.3, -0.25) is 0 Å². The summed E-state index contributed by atoms with van der Waals surface area (Å²) in [5, 5.41) is 4.17. The van der Waals surface area contributed by atoms with Crippen LogP contribution in [-0.2, 0) is 6.18 Å². The Kier molecular flexibility index (Phi) is 4.63. The van der Waals surface area contributed by atoms with Crippen molar-refractivity contribution in [1.82, 2.24) is 24.6 Å². The lowest BCUT2D eigenvalue weighted by Gasteiger charge is -2.59. The van der Waals surface area contributed by atoms with Crippen LogP contribution in [0.4, 0.5) is 18.0 Å². The number of rotatable bonds is 4. The first kappa shape index (κ1) is 21.1. The van der Waals surface area contributed by atoms with Gasteiger partial charge >= 0.3 is 12.2 Å². The average molecular weight is 482 g/mol. The van der Waals surface area contributed by atoms with Crippen molar-refractivity contribution in [2.45, 2.75) is 49.9 Å². The first-order valence-electron chi connectivity index (χ1n) is 11.2. The first-order chi connectivity index (χ1) is 15.7. The van der Waals surface area contributed by atoms with E-state index in [2.05, 4.69) is 10.1 Å². The summed E-state index contributed by atoms with van der Waals surface area (Å²) < 4.78 is 46.6. The molecule has 4 fully saturated rings. The quantitative estimate of drug-likeness (QED) is 0.651. The van der Waals surface area contributed by atoms with Gasteiger partial charge in [-0.25, -0.2) is 14.5 Å². The number of halogens is 4. The summed E-state index contributed by atoms with van der Waals surface area (Å²) in [6.45, 7) is 2.13. The Morgan fingerprint density at radius 1 is 1.15 bits per heavy atom. The molecule has 2 saturated carbocycles. The van der Waals surface area contributed by atoms with Gasteiger partial charge in [0.25, 0.3) is 0 Å². The van der Waals surface area contributed by atoms with Gasteiger partial charge in [0, 0.05) is 24.4 Å². The van der Waals surface area contributed by atoms with Crippen LogP contribution in [0, 0.1) is 5.41 Å². The Balaban J connectivity index is 0.969. The lowest BCUT2D eigenvalue weighted by Crippen LogP contribution is -2.69. The summed E-state index contributed by atoms with van der Waals surface area (Å²) in [7, 11) is 0. The maximum atomic E-state index is 13.0. The van der Waals surface area contributed by atoms with E-state index < -0.39 is 16.8 Å². The molecule has 2 aliphatic heterocycles. The van der Waals surface area contributed by atoms with Crippen molar-refractivity contribution in [3.8, 4) is 5.75 Å². The minimum atomic E-state index is -4.54. The van der Waals surface area contributed by atoms with Gasteiger partial charge in [0.1, 0.15) is 18.2 Å². The van der Waals surface area contributed by atoms with E-state index in [0.29, 0.717) is 25.0 Å². The van der Waals surface area contributed by atoms with Crippen LogP contribution in [-0.4, -0.2) is 62.9 Å². The van der Waals surface area contributed by atoms with Crippen LogP contribution >= 0.6 is 11.6 Å². The summed E-state index contributed by atoms with van der Waals surface area (Å²) in [5.74, 6) is 1.50. The molecule has 1 aromatic carbocycles. The highest BCUT2D eigenvalue weighted by Crippen LogP contribution is 2.54. The highest BCUT2D eigenvalue weighted by molar-refractivity contribution is 6.32. The lowest BCUT2D eigenvalue weighted by molar-refractivity contribution is -0.137. The SMILES string of the molecule is O=C(N1CC(Oc2cccc(C(F)(F)F)c2Cl)C1)N1CC2(CC(n3cnc(C4CC4)n3)C2)C1. The van der Waals surface area contributed by atoms with E-state index >= 15 is 0 Å². The van der Waals surface area contributed by atoms with Crippen LogP contribution in [0.3, 0.4) is 0 Å². The van der Waals surface area contributed by atoms with Crippen LogP contribution in [0.1, 0.15) is 49.0 Å². The third kappa shape index (κ3) is 3.72. The summed E-state index contributed by atoms with van der Waals surface area (Å²) in [4.78, 5) is 20.6. The highest BCUT2D eigenvalue weighted by Gasteiger charge is 2.55. The number of alkyl halides is 3. The molecule has 0 bridgehead atoms. The van der Waals surface area contributed by atoms with E-state index in [1.54, 1.807) is 4.90 Å². The van der Waals surface area contributed by atoms with Gasteiger partial charge in [0.05, 0.1) is 29.7 Å². The summed E-state index contributed by atoms with van der Waals surface area (Å²) >= 11 is 5.89. The molecule has 2 amide bonds. The number of likely N-dealkylation sites (tertiary alicyclic amines) is 2. The molecule has 3 heterocycles. The molecule has 2 aromatic rings. The topological polar surface area (TPSA) is 63.5 Å². The van der Waals surface area contributed by atoms with Crippen LogP contribution in [0.25, 0.3) is 0 Å². The summed E-state index contributed by atoms with van der Waals surface area (Å²) in [6.07, 6.45) is 1.30. The number of aromatic nitrogens is 3. The molecule has 0 radical (unpaired) electrons. The Hall–Kier alpha value is -2.49. The molecule has 4 aliphatic rings. The zero-order valence-electron chi connectivity index (χ0n) is 17.8. The fraction of sp³-hybridized carbons (Fsp3) is 0.591. The van der Waals surface area contributed by atoms with Crippen LogP contribution in [0.2, 0.25) is 5.02 Å². The molecule has 11 heteroatoms. The molecule has 2 saturated heterocycles. The van der Waals surface area contributed by atoms with E-state index in [-0.39, 0.29) is 23.3 Å². The summed E-state index contributed by atoms with van der Waals surface area (Å²) in [5.41, 5.74) is -0.744. The van der Waals surface area contributed by atoms with Crippen molar-refractivity contribution >= 4 is 17.6 Å². The smallest absolute Gasteiger partial charge is 0.417 e. The van der Waals surface area contributed by atoms with E-state index in [1.807, 2.05) is 15.9 Å². The number of amides is 2. The summed E-state index contributed by atoms with van der Waals surface area (Å²) in [6, 6.07) is 3.92. The Bertz CT molecular complexity index is 1080. The maximum Gasteiger partial charge on any atom is 0.417 e. The second kappa shape index (κ2) is 7.25. The minimum Gasteiger partial charge on any atom is -0.485 e. The molecule has 7 nitrogen and oxygen atoms in total. The van der Waals surface area contributed by atoms with E-state index in [9.17, 15) is 18.0 Å². The first-order valence-corrected chi connectivity index (χ1v) is 11.6. The number of hydrogen-bond donors (Lipinski definition) is 0. The van der Waals surface area contributed by atoms with Crippen LogP contribution in [0.15, 0.2) is 24.5 Å². The standard InChI is InChI=1S/C22H23ClF3N5O2/c23-18-16(22(24,25)26)2-1-3-17(18)33-15-8-29(9-15)20(32)30-10-21(11-30)6-14(7-21)31-12-27-19(28-31)13-4-5-13/h1-3,12-15H,4-11H2. The monoisotopic (exact) mass is 481 g/mol. The van der Waals surface area contributed by atoms with Crippen molar-refractivity contribution in [3.05, 3.63) is 40.9 Å². The van der Waals surface area contributed by atoms with Crippen LogP contribution in [0.5, 0.6) is 5.75 Å². The van der Waals surface area contributed by atoms with E-state index in [4.69, 9.17) is 16.3 Å². The van der Waals surface area contributed by atoms with Gasteiger partial charge in [0.15, 0.2) is 5.82 Å². The normalized spacial score (nSPS) is 22.7. The predicted octanol–water partition coefficient (Wildman–Crippen LogP) is 4.35. The zero-order chi connectivity index (χ0) is 23.0. The molecule has 1 spiro atoms. The molecule has 33 heavy (non-hydrogen) atoms. The van der Waals surface area contributed by atoms with Crippen molar-refractivity contribution in [1.29, 1.82) is 0 Å². The van der Waals surface area contributed by atoms with Gasteiger partial charge in [0.2, 0.25) is 0 Å². The van der Waals surface area contributed by atoms with Gasteiger partial charge in [-0.05, 0) is 37.8 Å². The zero-order valence-corrected chi connectivity index (χ0v) is 18.5. The number of urea groups is 1. The number of ether oxygens (including phenoxy) is 1. The average Bonchev–Trinajstić information content (AvgIpc) is 3.40. The molecular weight excluding hydrogens is 459 g/mol. The van der Waals surface area contributed by atoms with Crippen LogP contribution < -0.4 is 4.74 Å². The molecule has 176 valence electrons. The second-order valence-corrected chi connectivity index (χ2v) is 10.2. The lowest BCUT2D eigenvalue weighted by atomic mass is 9.61. The maximum absolute atomic E-state index is 13.0. The Morgan fingerprint density at radius 3 is 2.55 bits per heavy atom. The Labute approximate surface area is 193 Å². The molecule has 6 rings (SSSR count). The fourth-order valence-electron chi connectivity index (χ4n) is 5.15. The molecule has 0 atom stereocenters. The van der Waals surface area contributed by atoms with Crippen molar-refractivity contribution in [2.75, 3.05) is 26.2 Å². The van der Waals surface area contributed by atoms with Crippen molar-refractivity contribution in [2.24, 2.45) is 5.41 Å². The van der Waals surface area contributed by atoms with Gasteiger partial charge < -0.3 is 14.5 Å². The van der Waals surface area contributed by atoms with Gasteiger partial charge in [-0.15, -0.1) is 0 Å². The molecule has 1 aromatic heterocycles. The van der Waals surface area contributed by atoms with E-state index in [0.717, 1.165) is 37.8 Å². The number of hydrogen-bond acceptors (Lipinski definition) is 4. The Morgan fingerprint density at radius 2 is 1.88 bits per heavy atom. The van der Waals surface area contributed by atoms with Gasteiger partial charge in [-0.1, -0.05) is 17.7 Å². The second-order valence-electron chi connectivity index (χ2n) is 9.82. The largest absolute Gasteiger partial charge is 0.485 e. The minimum absolute atomic E-state index is 0.00930. The third-order valence-electron chi connectivity index (χ3n) is 7.18. The highest BCUT2D eigenvalue weighted by atomic mass is 35.5. The van der Waals surface area contributed by atoms with Crippen molar-refractivity contribution < 1.29 is 22.7 Å². The van der Waals surface area contributed by atoms with E-state index in [1.165, 1.54) is 25.0 Å². The molecule has 0 unspecified atom stereocenters.